The molecule has 0 radical (unpaired) electrons. The molecule has 2 rings (SSSR count). The molecule has 1 heterocycles. The maximum absolute atomic E-state index is 13.7. The van der Waals surface area contributed by atoms with Crippen molar-refractivity contribution in [1.82, 2.24) is 8.61 Å². The molecule has 0 atom stereocenters. The molecule has 128 valence electrons. The minimum Gasteiger partial charge on any atom is -0.478 e. The van der Waals surface area contributed by atoms with Gasteiger partial charge < -0.3 is 9.84 Å². The Labute approximate surface area is 134 Å². The van der Waals surface area contributed by atoms with Gasteiger partial charge in [-0.1, -0.05) is 12.1 Å². The molecule has 0 unspecified atom stereocenters. The van der Waals surface area contributed by atoms with Crippen molar-refractivity contribution in [1.29, 1.82) is 0 Å². The molecule has 0 aliphatic carbocycles. The molecule has 0 saturated carbocycles. The lowest BCUT2D eigenvalue weighted by Crippen LogP contribution is -2.55. The average molecular weight is 346 g/mol. The summed E-state index contributed by atoms with van der Waals surface area (Å²) in [7, 11) is -0.799. The van der Waals surface area contributed by atoms with Crippen LogP contribution in [-0.2, 0) is 15.0 Å². The molecule has 9 heteroatoms. The Morgan fingerprint density at radius 3 is 2.35 bits per heavy atom. The summed E-state index contributed by atoms with van der Waals surface area (Å²) in [5.74, 6) is -2.04. The second-order valence-corrected chi connectivity index (χ2v) is 7.66. The van der Waals surface area contributed by atoms with Crippen molar-refractivity contribution in [2.24, 2.45) is 0 Å². The molecule has 1 aliphatic rings. The van der Waals surface area contributed by atoms with Gasteiger partial charge in [0.05, 0.1) is 0 Å². The normalized spacial score (nSPS) is 18.8. The molecule has 1 saturated heterocycles. The van der Waals surface area contributed by atoms with Crippen molar-refractivity contribution in [3.63, 3.8) is 0 Å². The standard InChI is InChI=1S/C14H19FN2O5S/c1-16(2)23(20,21)17-9-7-14(8-10-17,13(18)19)22-12-6-4-3-5-11(12)15/h3-6H,7-10H2,1-2H3,(H,18,19). The van der Waals surface area contributed by atoms with E-state index in [2.05, 4.69) is 0 Å². The van der Waals surface area contributed by atoms with Crippen LogP contribution in [0.4, 0.5) is 4.39 Å². The van der Waals surface area contributed by atoms with E-state index in [1.165, 1.54) is 36.6 Å². The third-order valence-corrected chi connectivity index (χ3v) is 5.79. The fraction of sp³-hybridized carbons (Fsp3) is 0.500. The summed E-state index contributed by atoms with van der Waals surface area (Å²) in [5.41, 5.74) is -1.64. The zero-order valence-electron chi connectivity index (χ0n) is 12.9. The molecular formula is C14H19FN2O5S. The van der Waals surface area contributed by atoms with Crippen LogP contribution in [-0.4, -0.2) is 60.9 Å². The molecule has 0 spiro atoms. The highest BCUT2D eigenvalue weighted by atomic mass is 32.2. The summed E-state index contributed by atoms with van der Waals surface area (Å²) in [6.07, 6.45) is -0.131. The molecular weight excluding hydrogens is 327 g/mol. The Bertz CT molecular complexity index is 684. The fourth-order valence-corrected chi connectivity index (χ4v) is 3.51. The van der Waals surface area contributed by atoms with Gasteiger partial charge >= 0.3 is 5.97 Å². The monoisotopic (exact) mass is 346 g/mol. The topological polar surface area (TPSA) is 87.2 Å². The number of hydrogen-bond donors (Lipinski definition) is 1. The van der Waals surface area contributed by atoms with Crippen molar-refractivity contribution < 1.29 is 27.4 Å². The van der Waals surface area contributed by atoms with E-state index < -0.39 is 27.6 Å². The largest absolute Gasteiger partial charge is 0.478 e. The molecule has 1 N–H and O–H groups in total. The number of carboxylic acid groups (broad SMARTS) is 1. The van der Waals surface area contributed by atoms with Gasteiger partial charge in [-0.05, 0) is 12.1 Å². The quantitative estimate of drug-likeness (QED) is 0.857. The van der Waals surface area contributed by atoms with Crippen LogP contribution < -0.4 is 4.74 Å². The van der Waals surface area contributed by atoms with Crippen LogP contribution in [0, 0.1) is 5.82 Å². The minimum absolute atomic E-state index is 0.0126. The first kappa shape index (κ1) is 17.6. The van der Waals surface area contributed by atoms with Crippen molar-refractivity contribution in [3.8, 4) is 5.75 Å². The molecule has 23 heavy (non-hydrogen) atoms. The Morgan fingerprint density at radius 1 is 1.30 bits per heavy atom. The minimum atomic E-state index is -3.61. The zero-order valence-corrected chi connectivity index (χ0v) is 13.7. The lowest BCUT2D eigenvalue weighted by Gasteiger charge is -2.38. The van der Waals surface area contributed by atoms with Gasteiger partial charge in [-0.25, -0.2) is 9.18 Å². The summed E-state index contributed by atoms with van der Waals surface area (Å²) in [6, 6.07) is 5.54. The number of nitrogens with zero attached hydrogens (tertiary/aromatic N) is 2. The number of para-hydroxylation sites is 1. The van der Waals surface area contributed by atoms with Crippen molar-refractivity contribution in [2.45, 2.75) is 18.4 Å². The van der Waals surface area contributed by atoms with Crippen LogP contribution in [0.2, 0.25) is 0 Å². The Hall–Kier alpha value is -1.71. The van der Waals surface area contributed by atoms with Crippen LogP contribution in [0.1, 0.15) is 12.8 Å². The van der Waals surface area contributed by atoms with Crippen molar-refractivity contribution >= 4 is 16.2 Å². The molecule has 7 nitrogen and oxygen atoms in total. The number of carboxylic acids is 1. The smallest absolute Gasteiger partial charge is 0.348 e. The number of carbonyl (C=O) groups is 1. The number of rotatable bonds is 5. The van der Waals surface area contributed by atoms with Gasteiger partial charge in [0, 0.05) is 40.0 Å². The van der Waals surface area contributed by atoms with Gasteiger partial charge in [0.15, 0.2) is 11.6 Å². The first-order chi connectivity index (χ1) is 10.7. The van der Waals surface area contributed by atoms with Crippen molar-refractivity contribution in [3.05, 3.63) is 30.1 Å². The number of aliphatic carboxylic acids is 1. The predicted octanol–water partition coefficient (Wildman–Crippen LogP) is 0.930. The summed E-state index contributed by atoms with van der Waals surface area (Å²) in [5, 5.41) is 9.51. The summed E-state index contributed by atoms with van der Waals surface area (Å²) in [4.78, 5) is 11.7. The number of hydrogen-bond acceptors (Lipinski definition) is 4. The van der Waals surface area contributed by atoms with Crippen LogP contribution in [0.5, 0.6) is 5.75 Å². The van der Waals surface area contributed by atoms with Crippen LogP contribution in [0.25, 0.3) is 0 Å². The van der Waals surface area contributed by atoms with E-state index in [-0.39, 0.29) is 31.7 Å². The third kappa shape index (κ3) is 3.46. The van der Waals surface area contributed by atoms with E-state index in [4.69, 9.17) is 4.74 Å². The number of piperidine rings is 1. The Balaban J connectivity index is 2.20. The summed E-state index contributed by atoms with van der Waals surface area (Å²) >= 11 is 0. The predicted molar refractivity (Wildman–Crippen MR) is 80.8 cm³/mol. The van der Waals surface area contributed by atoms with E-state index in [1.807, 2.05) is 0 Å². The van der Waals surface area contributed by atoms with E-state index in [9.17, 15) is 22.7 Å². The molecule has 0 bridgehead atoms. The van der Waals surface area contributed by atoms with Crippen LogP contribution in [0.15, 0.2) is 24.3 Å². The molecule has 1 fully saturated rings. The highest BCUT2D eigenvalue weighted by Crippen LogP contribution is 2.31. The Kier molecular flexibility index (Phi) is 4.92. The molecule has 0 amide bonds. The zero-order chi connectivity index (χ0) is 17.3. The fourth-order valence-electron chi connectivity index (χ4n) is 2.41. The first-order valence-corrected chi connectivity index (χ1v) is 8.43. The van der Waals surface area contributed by atoms with Gasteiger partial charge in [0.25, 0.3) is 10.2 Å². The third-order valence-electron chi connectivity index (χ3n) is 3.85. The van der Waals surface area contributed by atoms with E-state index in [1.54, 1.807) is 6.07 Å². The van der Waals surface area contributed by atoms with Gasteiger partial charge in [-0.3, -0.25) is 0 Å². The van der Waals surface area contributed by atoms with Crippen LogP contribution in [0.3, 0.4) is 0 Å². The van der Waals surface area contributed by atoms with Gasteiger partial charge in [0.2, 0.25) is 5.60 Å². The van der Waals surface area contributed by atoms with Crippen LogP contribution >= 0.6 is 0 Å². The second-order valence-electron chi connectivity index (χ2n) is 5.52. The second kappa shape index (κ2) is 6.42. The lowest BCUT2D eigenvalue weighted by atomic mass is 9.92. The molecule has 1 aromatic carbocycles. The highest BCUT2D eigenvalue weighted by Gasteiger charge is 2.46. The average Bonchev–Trinajstić information content (AvgIpc) is 2.50. The SMILES string of the molecule is CN(C)S(=O)(=O)N1CCC(Oc2ccccc2F)(C(=O)O)CC1. The maximum atomic E-state index is 13.7. The van der Waals surface area contributed by atoms with E-state index in [0.717, 1.165) is 4.31 Å². The molecule has 1 aromatic rings. The van der Waals surface area contributed by atoms with E-state index in [0.29, 0.717) is 0 Å². The van der Waals surface area contributed by atoms with Gasteiger partial charge in [-0.2, -0.15) is 17.0 Å². The first-order valence-electron chi connectivity index (χ1n) is 7.03. The maximum Gasteiger partial charge on any atom is 0.348 e. The van der Waals surface area contributed by atoms with Gasteiger partial charge in [-0.15, -0.1) is 0 Å². The van der Waals surface area contributed by atoms with Crippen molar-refractivity contribution in [2.75, 3.05) is 27.2 Å². The number of benzene rings is 1. The van der Waals surface area contributed by atoms with E-state index >= 15 is 0 Å². The summed E-state index contributed by atoms with van der Waals surface area (Å²) in [6.45, 7) is -0.0253. The Morgan fingerprint density at radius 2 is 1.87 bits per heavy atom. The molecule has 1 aliphatic heterocycles. The number of ether oxygens (including phenoxy) is 1. The van der Waals surface area contributed by atoms with Gasteiger partial charge in [0.1, 0.15) is 0 Å². The number of halogens is 1. The lowest BCUT2D eigenvalue weighted by molar-refractivity contribution is -0.159. The highest BCUT2D eigenvalue weighted by molar-refractivity contribution is 7.86. The molecule has 0 aromatic heterocycles. The summed E-state index contributed by atoms with van der Waals surface area (Å²) < 4.78 is 45.6.